The highest BCUT2D eigenvalue weighted by Crippen LogP contribution is 2.34. The molecule has 1 N–H and O–H groups in total. The topological polar surface area (TPSA) is 45.8 Å². The summed E-state index contributed by atoms with van der Waals surface area (Å²) in [4.78, 5) is 20.2. The predicted octanol–water partition coefficient (Wildman–Crippen LogP) is 6.10. The van der Waals surface area contributed by atoms with Crippen molar-refractivity contribution in [3.8, 4) is 11.4 Å². The molecule has 4 rings (SSSR count). The average molecular weight is 399 g/mol. The van der Waals surface area contributed by atoms with Crippen LogP contribution in [0.3, 0.4) is 0 Å². The number of aromatic amines is 1. The lowest BCUT2D eigenvalue weighted by Crippen LogP contribution is -2.05. The number of aromatic nitrogens is 2. The average Bonchev–Trinajstić information content (AvgIpc) is 3.06. The number of hydrogen-bond donors (Lipinski definition) is 1. The van der Waals surface area contributed by atoms with Crippen molar-refractivity contribution in [1.29, 1.82) is 0 Å². The van der Waals surface area contributed by atoms with Crippen molar-refractivity contribution < 1.29 is 9.18 Å². The molecule has 1 heterocycles. The number of fused-ring (bicyclic) bond motifs is 1. The van der Waals surface area contributed by atoms with E-state index in [4.69, 9.17) is 23.2 Å². The van der Waals surface area contributed by atoms with Crippen LogP contribution in [-0.4, -0.2) is 15.8 Å². The van der Waals surface area contributed by atoms with Gasteiger partial charge in [0.2, 0.25) is 0 Å². The van der Waals surface area contributed by atoms with Crippen LogP contribution in [0.4, 0.5) is 4.39 Å². The van der Waals surface area contributed by atoms with Crippen LogP contribution in [0.25, 0.3) is 22.4 Å². The Morgan fingerprint density at radius 3 is 2.48 bits per heavy atom. The molecule has 0 saturated carbocycles. The summed E-state index contributed by atoms with van der Waals surface area (Å²) in [6.07, 6.45) is -0.00445. The molecule has 0 saturated heterocycles. The third kappa shape index (κ3) is 3.46. The summed E-state index contributed by atoms with van der Waals surface area (Å²) in [5.41, 5.74) is 2.82. The number of carbonyl (C=O) groups is 1. The highest BCUT2D eigenvalue weighted by Gasteiger charge is 2.15. The van der Waals surface area contributed by atoms with Gasteiger partial charge in [-0.1, -0.05) is 47.5 Å². The zero-order chi connectivity index (χ0) is 19.0. The molecule has 0 fully saturated rings. The maximum absolute atomic E-state index is 13.8. The minimum absolute atomic E-state index is 0.00445. The Morgan fingerprint density at radius 1 is 1.00 bits per heavy atom. The summed E-state index contributed by atoms with van der Waals surface area (Å²) < 4.78 is 13.8. The lowest BCUT2D eigenvalue weighted by Gasteiger charge is -2.03. The normalized spacial score (nSPS) is 11.1. The number of ketones is 1. The van der Waals surface area contributed by atoms with Crippen LogP contribution in [0.2, 0.25) is 10.0 Å². The Hall–Kier alpha value is -2.69. The molecule has 134 valence electrons. The first-order valence-electron chi connectivity index (χ1n) is 8.23. The van der Waals surface area contributed by atoms with E-state index in [9.17, 15) is 9.18 Å². The molecule has 0 amide bonds. The summed E-state index contributed by atoms with van der Waals surface area (Å²) in [5.74, 6) is -0.0302. The number of H-pyrrole nitrogens is 1. The molecule has 0 bridgehead atoms. The second-order valence-corrected chi connectivity index (χ2v) is 6.92. The number of rotatable bonds is 4. The van der Waals surface area contributed by atoms with E-state index in [-0.39, 0.29) is 18.0 Å². The van der Waals surface area contributed by atoms with E-state index in [2.05, 4.69) is 9.97 Å². The molecule has 6 heteroatoms. The van der Waals surface area contributed by atoms with E-state index in [0.29, 0.717) is 43.6 Å². The number of hydrogen-bond acceptors (Lipinski definition) is 2. The Kier molecular flexibility index (Phi) is 4.68. The third-order valence-electron chi connectivity index (χ3n) is 4.31. The molecule has 0 aliphatic heterocycles. The molecule has 0 aliphatic rings. The Morgan fingerprint density at radius 2 is 1.74 bits per heavy atom. The van der Waals surface area contributed by atoms with Gasteiger partial charge in [0.15, 0.2) is 5.78 Å². The predicted molar refractivity (Wildman–Crippen MR) is 106 cm³/mol. The highest BCUT2D eigenvalue weighted by molar-refractivity contribution is 6.39. The van der Waals surface area contributed by atoms with Gasteiger partial charge < -0.3 is 4.98 Å². The maximum Gasteiger partial charge on any atom is 0.167 e. The highest BCUT2D eigenvalue weighted by atomic mass is 35.5. The van der Waals surface area contributed by atoms with Gasteiger partial charge in [-0.15, -0.1) is 0 Å². The molecular formula is C21H13Cl2FN2O. The molecule has 0 spiro atoms. The fourth-order valence-corrected chi connectivity index (χ4v) is 3.52. The fourth-order valence-electron chi connectivity index (χ4n) is 2.94. The van der Waals surface area contributed by atoms with Gasteiger partial charge in [-0.05, 0) is 42.0 Å². The van der Waals surface area contributed by atoms with E-state index in [1.54, 1.807) is 54.6 Å². The van der Waals surface area contributed by atoms with Gasteiger partial charge in [-0.2, -0.15) is 0 Å². The van der Waals surface area contributed by atoms with Crippen LogP contribution in [0.5, 0.6) is 0 Å². The largest absolute Gasteiger partial charge is 0.338 e. The monoisotopic (exact) mass is 398 g/mol. The zero-order valence-electron chi connectivity index (χ0n) is 14.0. The summed E-state index contributed by atoms with van der Waals surface area (Å²) in [5, 5.41) is 0.967. The van der Waals surface area contributed by atoms with Gasteiger partial charge in [0.25, 0.3) is 0 Å². The first kappa shape index (κ1) is 17.7. The van der Waals surface area contributed by atoms with Crippen molar-refractivity contribution in [3.63, 3.8) is 0 Å². The van der Waals surface area contributed by atoms with Crippen LogP contribution < -0.4 is 0 Å². The Labute approximate surface area is 164 Å². The minimum Gasteiger partial charge on any atom is -0.338 e. The Balaban J connectivity index is 1.69. The van der Waals surface area contributed by atoms with Crippen molar-refractivity contribution in [3.05, 3.63) is 87.7 Å². The van der Waals surface area contributed by atoms with Crippen molar-refractivity contribution in [2.45, 2.75) is 6.42 Å². The number of Topliss-reactive ketones (excluding diaryl/α,β-unsaturated/α-hetero) is 1. The first-order chi connectivity index (χ1) is 13.0. The van der Waals surface area contributed by atoms with Crippen LogP contribution in [-0.2, 0) is 6.42 Å². The molecule has 0 aliphatic carbocycles. The lowest BCUT2D eigenvalue weighted by molar-refractivity contribution is 0.0992. The van der Waals surface area contributed by atoms with Crippen molar-refractivity contribution in [2.24, 2.45) is 0 Å². The van der Waals surface area contributed by atoms with Crippen LogP contribution in [0.1, 0.15) is 15.9 Å². The van der Waals surface area contributed by atoms with Gasteiger partial charge in [-0.3, -0.25) is 4.79 Å². The van der Waals surface area contributed by atoms with E-state index < -0.39 is 0 Å². The molecule has 0 atom stereocenters. The van der Waals surface area contributed by atoms with Crippen molar-refractivity contribution in [2.75, 3.05) is 0 Å². The fraction of sp³-hybridized carbons (Fsp3) is 0.0476. The summed E-state index contributed by atoms with van der Waals surface area (Å²) >= 11 is 12.5. The van der Waals surface area contributed by atoms with E-state index in [1.807, 2.05) is 0 Å². The van der Waals surface area contributed by atoms with Gasteiger partial charge in [0.05, 0.1) is 26.6 Å². The third-order valence-corrected chi connectivity index (χ3v) is 4.94. The molecule has 0 radical (unpaired) electrons. The Bertz CT molecular complexity index is 1150. The molecule has 0 unspecified atom stereocenters. The minimum atomic E-state index is -0.385. The standard InChI is InChI=1S/C21H13Cl2FN2O/c22-14-5-3-6-15(23)20(14)21-25-17-9-8-13(10-18(17)26-21)19(27)11-12-4-1-2-7-16(12)24/h1-10H,11H2,(H,25,26). The van der Waals surface area contributed by atoms with Gasteiger partial charge in [-0.25, -0.2) is 9.37 Å². The van der Waals surface area contributed by atoms with Gasteiger partial charge in [0, 0.05) is 12.0 Å². The molecular weight excluding hydrogens is 386 g/mol. The van der Waals surface area contributed by atoms with Gasteiger partial charge in [0.1, 0.15) is 11.6 Å². The molecule has 4 aromatic rings. The van der Waals surface area contributed by atoms with Crippen LogP contribution in [0.15, 0.2) is 60.7 Å². The molecule has 3 aromatic carbocycles. The maximum atomic E-state index is 13.8. The van der Waals surface area contributed by atoms with Crippen molar-refractivity contribution >= 4 is 40.0 Å². The smallest absolute Gasteiger partial charge is 0.167 e. The zero-order valence-corrected chi connectivity index (χ0v) is 15.5. The second kappa shape index (κ2) is 7.14. The van der Waals surface area contributed by atoms with E-state index in [0.717, 1.165) is 0 Å². The van der Waals surface area contributed by atoms with E-state index >= 15 is 0 Å². The SMILES string of the molecule is O=C(Cc1ccccc1F)c1ccc2nc(-c3c(Cl)cccc3Cl)[nH]c2c1. The molecule has 27 heavy (non-hydrogen) atoms. The molecule has 3 nitrogen and oxygen atoms in total. The van der Waals surface area contributed by atoms with Crippen LogP contribution >= 0.6 is 23.2 Å². The number of carbonyl (C=O) groups excluding carboxylic acids is 1. The van der Waals surface area contributed by atoms with Gasteiger partial charge >= 0.3 is 0 Å². The molecule has 1 aromatic heterocycles. The number of nitrogens with one attached hydrogen (secondary N) is 1. The summed E-state index contributed by atoms with van der Waals surface area (Å²) in [6.45, 7) is 0. The number of benzene rings is 3. The number of nitrogens with zero attached hydrogens (tertiary/aromatic N) is 1. The van der Waals surface area contributed by atoms with E-state index in [1.165, 1.54) is 6.07 Å². The lowest BCUT2D eigenvalue weighted by atomic mass is 10.0. The van der Waals surface area contributed by atoms with Crippen molar-refractivity contribution in [1.82, 2.24) is 9.97 Å². The van der Waals surface area contributed by atoms with Crippen LogP contribution in [0, 0.1) is 5.82 Å². The summed E-state index contributed by atoms with van der Waals surface area (Å²) in [7, 11) is 0. The number of imidazole rings is 1. The second-order valence-electron chi connectivity index (χ2n) is 6.11. The summed E-state index contributed by atoms with van der Waals surface area (Å²) in [6, 6.07) is 16.6. The quantitative estimate of drug-likeness (QED) is 0.422. The number of halogens is 3. The first-order valence-corrected chi connectivity index (χ1v) is 8.99.